The van der Waals surface area contributed by atoms with Crippen LogP contribution in [0.25, 0.3) is 22.6 Å². The van der Waals surface area contributed by atoms with E-state index in [1.54, 1.807) is 36.4 Å². The van der Waals surface area contributed by atoms with Gasteiger partial charge in [0.15, 0.2) is 22.2 Å². The molecule has 0 bridgehead atoms. The Hall–Kier alpha value is -3.62. The molecular formula is C22H14ClN3O4S. The lowest BCUT2D eigenvalue weighted by Crippen LogP contribution is -2.34. The standard InChI is InChI=1S/C22H14ClN3O4S/c23-14-7-5-13(21-24-15-3-1-2-4-17(15)30-21)9-16(14)25-22(31)26-20(27)12-6-8-18-19(10-12)29-11-28-18/h1-10H,11H2,(H2,25,26,27,31). The summed E-state index contributed by atoms with van der Waals surface area (Å²) >= 11 is 11.6. The first kappa shape index (κ1) is 19.3. The van der Waals surface area contributed by atoms with Crippen LogP contribution in [-0.4, -0.2) is 22.8 Å². The minimum absolute atomic E-state index is 0.0966. The molecule has 1 aliphatic rings. The third-order valence-electron chi connectivity index (χ3n) is 4.62. The monoisotopic (exact) mass is 451 g/mol. The number of ether oxygens (including phenoxy) is 2. The van der Waals surface area contributed by atoms with Crippen molar-refractivity contribution < 1.29 is 18.7 Å². The predicted molar refractivity (Wildman–Crippen MR) is 121 cm³/mol. The van der Waals surface area contributed by atoms with E-state index in [0.29, 0.717) is 44.8 Å². The van der Waals surface area contributed by atoms with E-state index in [1.165, 1.54) is 0 Å². The van der Waals surface area contributed by atoms with Gasteiger partial charge in [0.25, 0.3) is 5.91 Å². The van der Waals surface area contributed by atoms with Crippen LogP contribution in [0, 0.1) is 0 Å². The number of amides is 1. The Morgan fingerprint density at radius 3 is 2.74 bits per heavy atom. The van der Waals surface area contributed by atoms with Gasteiger partial charge in [-0.1, -0.05) is 23.7 Å². The first-order chi connectivity index (χ1) is 15.1. The molecule has 2 N–H and O–H groups in total. The highest BCUT2D eigenvalue weighted by Gasteiger charge is 2.17. The van der Waals surface area contributed by atoms with Crippen LogP contribution >= 0.6 is 23.8 Å². The van der Waals surface area contributed by atoms with E-state index in [9.17, 15) is 4.79 Å². The largest absolute Gasteiger partial charge is 0.454 e. The Bertz CT molecular complexity index is 1300. The lowest BCUT2D eigenvalue weighted by atomic mass is 10.2. The average molecular weight is 452 g/mol. The molecule has 0 aliphatic carbocycles. The average Bonchev–Trinajstić information content (AvgIpc) is 3.41. The topological polar surface area (TPSA) is 85.6 Å². The summed E-state index contributed by atoms with van der Waals surface area (Å²) in [6.07, 6.45) is 0. The zero-order chi connectivity index (χ0) is 21.4. The summed E-state index contributed by atoms with van der Waals surface area (Å²) in [5, 5.41) is 6.11. The van der Waals surface area contributed by atoms with Gasteiger partial charge in [-0.05, 0) is 60.7 Å². The van der Waals surface area contributed by atoms with E-state index in [-0.39, 0.29) is 17.8 Å². The third-order valence-corrected chi connectivity index (χ3v) is 5.15. The number of hydrogen-bond donors (Lipinski definition) is 2. The van der Waals surface area contributed by atoms with Gasteiger partial charge in [-0.25, -0.2) is 4.98 Å². The van der Waals surface area contributed by atoms with Crippen molar-refractivity contribution >= 4 is 51.6 Å². The van der Waals surface area contributed by atoms with Gasteiger partial charge in [-0.2, -0.15) is 0 Å². The van der Waals surface area contributed by atoms with E-state index in [2.05, 4.69) is 15.6 Å². The molecule has 3 aromatic carbocycles. The maximum atomic E-state index is 12.5. The molecule has 0 atom stereocenters. The molecule has 154 valence electrons. The normalized spacial score (nSPS) is 12.0. The fourth-order valence-corrected chi connectivity index (χ4v) is 3.48. The maximum Gasteiger partial charge on any atom is 0.257 e. The van der Waals surface area contributed by atoms with Crippen LogP contribution in [0.15, 0.2) is 65.1 Å². The molecule has 0 radical (unpaired) electrons. The van der Waals surface area contributed by atoms with E-state index in [0.717, 1.165) is 5.52 Å². The van der Waals surface area contributed by atoms with Gasteiger partial charge in [0.2, 0.25) is 12.7 Å². The molecule has 2 heterocycles. The number of thiocarbonyl (C=S) groups is 1. The number of aromatic nitrogens is 1. The van der Waals surface area contributed by atoms with Crippen LogP contribution in [0.4, 0.5) is 5.69 Å². The van der Waals surface area contributed by atoms with Crippen molar-refractivity contribution in [3.8, 4) is 23.0 Å². The molecule has 0 fully saturated rings. The number of nitrogens with one attached hydrogen (secondary N) is 2. The number of fused-ring (bicyclic) bond motifs is 2. The van der Waals surface area contributed by atoms with E-state index in [1.807, 2.05) is 24.3 Å². The number of anilines is 1. The lowest BCUT2D eigenvalue weighted by molar-refractivity contribution is 0.0977. The Labute approximate surface area is 186 Å². The number of para-hydroxylation sites is 2. The van der Waals surface area contributed by atoms with Crippen LogP contribution < -0.4 is 20.1 Å². The van der Waals surface area contributed by atoms with E-state index in [4.69, 9.17) is 37.7 Å². The summed E-state index contributed by atoms with van der Waals surface area (Å²) in [5.41, 5.74) is 3.06. The second kappa shape index (κ2) is 7.90. The van der Waals surface area contributed by atoms with Gasteiger partial charge < -0.3 is 19.2 Å². The van der Waals surface area contributed by atoms with Crippen molar-refractivity contribution in [1.29, 1.82) is 0 Å². The minimum atomic E-state index is -0.387. The number of hydrogen-bond acceptors (Lipinski definition) is 6. The number of nitrogens with zero attached hydrogens (tertiary/aromatic N) is 1. The maximum absolute atomic E-state index is 12.5. The molecule has 1 amide bonds. The number of benzene rings is 3. The van der Waals surface area contributed by atoms with Gasteiger partial charge in [-0.3, -0.25) is 10.1 Å². The molecule has 7 nitrogen and oxygen atoms in total. The Morgan fingerprint density at radius 1 is 1.03 bits per heavy atom. The fraction of sp³-hybridized carbons (Fsp3) is 0.0455. The Kier molecular flexibility index (Phi) is 4.93. The minimum Gasteiger partial charge on any atom is -0.454 e. The van der Waals surface area contributed by atoms with Gasteiger partial charge in [0.05, 0.1) is 10.7 Å². The Balaban J connectivity index is 1.32. The van der Waals surface area contributed by atoms with Gasteiger partial charge in [0, 0.05) is 11.1 Å². The SMILES string of the molecule is O=C(NC(=S)Nc1cc(-c2nc3ccccc3o2)ccc1Cl)c1ccc2c(c1)OCO2. The van der Waals surface area contributed by atoms with Crippen LogP contribution in [0.2, 0.25) is 5.02 Å². The quantitative estimate of drug-likeness (QED) is 0.424. The van der Waals surface area contributed by atoms with E-state index >= 15 is 0 Å². The Morgan fingerprint density at radius 2 is 1.87 bits per heavy atom. The van der Waals surface area contributed by atoms with Crippen LogP contribution in [0.5, 0.6) is 11.5 Å². The summed E-state index contributed by atoms with van der Waals surface area (Å²) in [5.74, 6) is 1.18. The molecular weight excluding hydrogens is 438 g/mol. The first-order valence-electron chi connectivity index (χ1n) is 9.24. The van der Waals surface area contributed by atoms with Gasteiger partial charge >= 0.3 is 0 Å². The molecule has 1 aromatic heterocycles. The number of carbonyl (C=O) groups is 1. The summed E-state index contributed by atoms with van der Waals surface area (Å²) in [7, 11) is 0. The number of oxazole rings is 1. The van der Waals surface area contributed by atoms with Crippen LogP contribution in [0.1, 0.15) is 10.4 Å². The molecule has 5 rings (SSSR count). The summed E-state index contributed by atoms with van der Waals surface area (Å²) < 4.78 is 16.4. The van der Waals surface area contributed by atoms with Crippen molar-refractivity contribution in [1.82, 2.24) is 10.3 Å². The molecule has 0 saturated heterocycles. The molecule has 31 heavy (non-hydrogen) atoms. The highest BCUT2D eigenvalue weighted by molar-refractivity contribution is 7.80. The predicted octanol–water partition coefficient (Wildman–Crippen LogP) is 5.00. The van der Waals surface area contributed by atoms with E-state index < -0.39 is 0 Å². The summed E-state index contributed by atoms with van der Waals surface area (Å²) in [6.45, 7) is 0.134. The van der Waals surface area contributed by atoms with Crippen molar-refractivity contribution in [2.24, 2.45) is 0 Å². The van der Waals surface area contributed by atoms with Gasteiger partial charge in [-0.15, -0.1) is 0 Å². The van der Waals surface area contributed by atoms with Crippen LogP contribution in [-0.2, 0) is 0 Å². The van der Waals surface area contributed by atoms with Crippen molar-refractivity contribution in [2.75, 3.05) is 12.1 Å². The number of halogens is 1. The second-order valence-electron chi connectivity index (χ2n) is 6.66. The van der Waals surface area contributed by atoms with Crippen molar-refractivity contribution in [2.45, 2.75) is 0 Å². The van der Waals surface area contributed by atoms with Crippen molar-refractivity contribution in [3.63, 3.8) is 0 Å². The molecule has 1 aliphatic heterocycles. The van der Waals surface area contributed by atoms with Crippen molar-refractivity contribution in [3.05, 3.63) is 71.2 Å². The second-order valence-corrected chi connectivity index (χ2v) is 7.47. The van der Waals surface area contributed by atoms with Gasteiger partial charge in [0.1, 0.15) is 5.52 Å². The molecule has 4 aromatic rings. The summed E-state index contributed by atoms with van der Waals surface area (Å²) in [4.78, 5) is 17.0. The zero-order valence-electron chi connectivity index (χ0n) is 15.8. The highest BCUT2D eigenvalue weighted by Crippen LogP contribution is 2.33. The smallest absolute Gasteiger partial charge is 0.257 e. The first-order valence-corrected chi connectivity index (χ1v) is 10.0. The summed E-state index contributed by atoms with van der Waals surface area (Å²) in [6, 6.07) is 17.7. The number of carbonyl (C=O) groups excluding carboxylic acids is 1. The third kappa shape index (κ3) is 3.90. The molecule has 0 saturated carbocycles. The van der Waals surface area contributed by atoms with Crippen LogP contribution in [0.3, 0.4) is 0 Å². The molecule has 0 unspecified atom stereocenters. The number of rotatable bonds is 3. The zero-order valence-corrected chi connectivity index (χ0v) is 17.4. The lowest BCUT2D eigenvalue weighted by Gasteiger charge is -2.12. The molecule has 0 spiro atoms. The molecule has 9 heteroatoms. The highest BCUT2D eigenvalue weighted by atomic mass is 35.5. The fourth-order valence-electron chi connectivity index (χ4n) is 3.12.